The molecular formula is C24H24F7N3O6. The van der Waals surface area contributed by atoms with Gasteiger partial charge in [-0.2, -0.15) is 26.3 Å². The van der Waals surface area contributed by atoms with E-state index in [2.05, 4.69) is 9.88 Å². The predicted octanol–water partition coefficient (Wildman–Crippen LogP) is 3.39. The van der Waals surface area contributed by atoms with E-state index in [1.54, 1.807) is 18.3 Å². The normalized spacial score (nSPS) is 18.8. The average molecular weight is 583 g/mol. The van der Waals surface area contributed by atoms with E-state index in [1.165, 1.54) is 12.1 Å². The second-order valence-electron chi connectivity index (χ2n) is 8.53. The Hall–Kier alpha value is -3.95. The Kier molecular flexibility index (Phi) is 11.2. The number of nitrogens with zero attached hydrogens (tertiary/aromatic N) is 3. The maximum absolute atomic E-state index is 13.3. The fourth-order valence-corrected chi connectivity index (χ4v) is 3.81. The Bertz CT molecular complexity index is 1120. The quantitative estimate of drug-likeness (QED) is 0.526. The number of fused-ring (bicyclic) bond motifs is 1. The van der Waals surface area contributed by atoms with Gasteiger partial charge in [0.15, 0.2) is 0 Å². The van der Waals surface area contributed by atoms with Crippen LogP contribution in [-0.4, -0.2) is 93.5 Å². The van der Waals surface area contributed by atoms with Crippen molar-refractivity contribution in [2.45, 2.75) is 37.3 Å². The Labute approximate surface area is 222 Å². The molecule has 0 spiro atoms. The fourth-order valence-electron chi connectivity index (χ4n) is 3.81. The van der Waals surface area contributed by atoms with Crippen LogP contribution in [0.5, 0.6) is 5.75 Å². The monoisotopic (exact) mass is 583 g/mol. The zero-order valence-electron chi connectivity index (χ0n) is 20.5. The molecule has 0 bridgehead atoms. The number of ether oxygens (including phenoxy) is 1. The second-order valence-corrected chi connectivity index (χ2v) is 8.53. The van der Waals surface area contributed by atoms with E-state index in [0.29, 0.717) is 24.8 Å². The smallest absolute Gasteiger partial charge is 0.489 e. The Balaban J connectivity index is 0.000000333. The zero-order chi connectivity index (χ0) is 30.1. The third-order valence-electron chi connectivity index (χ3n) is 5.57. The summed E-state index contributed by atoms with van der Waals surface area (Å²) in [6.07, 6.45) is -7.22. The summed E-state index contributed by atoms with van der Waals surface area (Å²) < 4.78 is 82.7. The summed E-state index contributed by atoms with van der Waals surface area (Å²) in [4.78, 5) is 38.9. The number of rotatable bonds is 4. The van der Waals surface area contributed by atoms with Crippen molar-refractivity contribution in [3.05, 3.63) is 60.2 Å². The van der Waals surface area contributed by atoms with Gasteiger partial charge < -0.3 is 19.8 Å². The lowest BCUT2D eigenvalue weighted by Crippen LogP contribution is -2.52. The number of aromatic nitrogens is 1. The third-order valence-corrected chi connectivity index (χ3v) is 5.57. The lowest BCUT2D eigenvalue weighted by Gasteiger charge is -2.37. The predicted molar refractivity (Wildman–Crippen MR) is 123 cm³/mol. The molecule has 2 aliphatic heterocycles. The summed E-state index contributed by atoms with van der Waals surface area (Å²) in [7, 11) is 0. The number of hydrogen-bond acceptors (Lipinski definition) is 6. The van der Waals surface area contributed by atoms with Gasteiger partial charge in [0.05, 0.1) is 6.42 Å². The first-order valence-electron chi connectivity index (χ1n) is 11.5. The minimum absolute atomic E-state index is 0.0349. The molecule has 2 N–H and O–H groups in total. The van der Waals surface area contributed by atoms with Crippen molar-refractivity contribution in [1.29, 1.82) is 0 Å². The van der Waals surface area contributed by atoms with Crippen LogP contribution in [0.25, 0.3) is 0 Å². The molecule has 1 amide bonds. The van der Waals surface area contributed by atoms with Crippen LogP contribution >= 0.6 is 0 Å². The molecule has 2 saturated heterocycles. The van der Waals surface area contributed by atoms with Crippen LogP contribution in [-0.2, 0) is 20.8 Å². The molecule has 2 fully saturated rings. The minimum Gasteiger partial charge on any atom is -0.489 e. The maximum Gasteiger partial charge on any atom is 0.490 e. The SMILES string of the molecule is O=C(Cc1ccccn1)N1CCN2C[C@H](Oc3cccc(F)c3)C[C@H]2C1.O=C(O)C(F)(F)F.O=C(O)C(F)(F)F. The first kappa shape index (κ1) is 32.3. The van der Waals surface area contributed by atoms with E-state index in [9.17, 15) is 35.5 Å². The van der Waals surface area contributed by atoms with Crippen LogP contribution < -0.4 is 4.74 Å². The molecule has 0 saturated carbocycles. The average Bonchev–Trinajstić information content (AvgIpc) is 3.25. The first-order chi connectivity index (χ1) is 18.6. The van der Waals surface area contributed by atoms with Crippen molar-refractivity contribution in [2.24, 2.45) is 0 Å². The van der Waals surface area contributed by atoms with Crippen LogP contribution in [0.1, 0.15) is 12.1 Å². The summed E-state index contributed by atoms with van der Waals surface area (Å²) in [5.41, 5.74) is 0.804. The number of benzene rings is 1. The summed E-state index contributed by atoms with van der Waals surface area (Å²) in [6, 6.07) is 12.2. The number of aliphatic carboxylic acids is 2. The molecule has 2 atom stereocenters. The number of amides is 1. The standard InChI is InChI=1S/C20H22FN3O2.2C2HF3O2/c21-15-4-3-6-18(10-15)26-19-12-17-13-24(9-8-23(17)14-19)20(25)11-16-5-1-2-7-22-16;2*3-2(4,5)1(6)7/h1-7,10,17,19H,8-9,11-14H2;2*(H,6,7)/t17-,19+;;/m0../s1. The van der Waals surface area contributed by atoms with Gasteiger partial charge in [-0.1, -0.05) is 12.1 Å². The van der Waals surface area contributed by atoms with Crippen LogP contribution in [0, 0.1) is 5.82 Å². The first-order valence-corrected chi connectivity index (χ1v) is 11.5. The van der Waals surface area contributed by atoms with E-state index in [1.807, 2.05) is 23.1 Å². The number of halogens is 7. The molecule has 9 nitrogen and oxygen atoms in total. The second kappa shape index (κ2) is 13.9. The minimum atomic E-state index is -5.08. The molecular weight excluding hydrogens is 559 g/mol. The lowest BCUT2D eigenvalue weighted by molar-refractivity contribution is -0.193. The highest BCUT2D eigenvalue weighted by molar-refractivity contribution is 5.78. The van der Waals surface area contributed by atoms with E-state index in [0.717, 1.165) is 31.7 Å². The molecule has 0 aliphatic carbocycles. The summed E-state index contributed by atoms with van der Waals surface area (Å²) in [5, 5.41) is 14.2. The fraction of sp³-hybridized carbons (Fsp3) is 0.417. The van der Waals surface area contributed by atoms with Gasteiger partial charge in [0.1, 0.15) is 17.7 Å². The molecule has 1 aromatic carbocycles. The molecule has 4 rings (SSSR count). The Morgan fingerprint density at radius 1 is 0.925 bits per heavy atom. The maximum atomic E-state index is 13.3. The van der Waals surface area contributed by atoms with Gasteiger partial charge in [0, 0.05) is 56.6 Å². The van der Waals surface area contributed by atoms with Crippen molar-refractivity contribution in [1.82, 2.24) is 14.8 Å². The van der Waals surface area contributed by atoms with Crippen LogP contribution in [0.3, 0.4) is 0 Å². The third kappa shape index (κ3) is 10.7. The van der Waals surface area contributed by atoms with E-state index >= 15 is 0 Å². The molecule has 0 radical (unpaired) electrons. The number of carboxylic acid groups (broad SMARTS) is 2. The van der Waals surface area contributed by atoms with Crippen molar-refractivity contribution >= 4 is 17.8 Å². The van der Waals surface area contributed by atoms with Gasteiger partial charge in [0.25, 0.3) is 0 Å². The van der Waals surface area contributed by atoms with Crippen molar-refractivity contribution in [2.75, 3.05) is 26.2 Å². The number of alkyl halides is 6. The number of pyridine rings is 1. The molecule has 220 valence electrons. The highest BCUT2D eigenvalue weighted by atomic mass is 19.4. The van der Waals surface area contributed by atoms with Gasteiger partial charge >= 0.3 is 24.3 Å². The van der Waals surface area contributed by atoms with E-state index < -0.39 is 24.3 Å². The largest absolute Gasteiger partial charge is 0.490 e. The summed E-state index contributed by atoms with van der Waals surface area (Å²) in [5.74, 6) is -5.11. The number of carbonyl (C=O) groups is 3. The summed E-state index contributed by atoms with van der Waals surface area (Å²) in [6.45, 7) is 3.12. The Morgan fingerprint density at radius 3 is 2.08 bits per heavy atom. The summed E-state index contributed by atoms with van der Waals surface area (Å²) >= 11 is 0. The number of carbonyl (C=O) groups excluding carboxylic acids is 1. The molecule has 40 heavy (non-hydrogen) atoms. The van der Waals surface area contributed by atoms with Crippen LogP contribution in [0.15, 0.2) is 48.7 Å². The van der Waals surface area contributed by atoms with Gasteiger partial charge in [-0.15, -0.1) is 0 Å². The molecule has 2 aliphatic rings. The van der Waals surface area contributed by atoms with Gasteiger partial charge in [-0.05, 0) is 24.3 Å². The number of hydrogen-bond donors (Lipinski definition) is 2. The molecule has 0 unspecified atom stereocenters. The topological polar surface area (TPSA) is 120 Å². The van der Waals surface area contributed by atoms with Gasteiger partial charge in [-0.25, -0.2) is 14.0 Å². The van der Waals surface area contributed by atoms with Gasteiger partial charge in [0.2, 0.25) is 5.91 Å². The molecule has 16 heteroatoms. The van der Waals surface area contributed by atoms with Crippen molar-refractivity contribution in [3.8, 4) is 5.75 Å². The van der Waals surface area contributed by atoms with Crippen LogP contribution in [0.4, 0.5) is 30.7 Å². The van der Waals surface area contributed by atoms with Crippen molar-refractivity contribution < 1.29 is 60.1 Å². The molecule has 3 heterocycles. The highest BCUT2D eigenvalue weighted by Crippen LogP contribution is 2.26. The highest BCUT2D eigenvalue weighted by Gasteiger charge is 2.39. The van der Waals surface area contributed by atoms with Crippen molar-refractivity contribution in [3.63, 3.8) is 0 Å². The number of carboxylic acids is 2. The van der Waals surface area contributed by atoms with Gasteiger partial charge in [-0.3, -0.25) is 14.7 Å². The molecule has 1 aromatic heterocycles. The molecule has 2 aromatic rings. The Morgan fingerprint density at radius 2 is 1.55 bits per heavy atom. The zero-order valence-corrected chi connectivity index (χ0v) is 20.5. The number of piperazine rings is 1. The lowest BCUT2D eigenvalue weighted by atomic mass is 10.1. The van der Waals surface area contributed by atoms with E-state index in [4.69, 9.17) is 24.5 Å². The van der Waals surface area contributed by atoms with Crippen LogP contribution in [0.2, 0.25) is 0 Å². The van der Waals surface area contributed by atoms with E-state index in [-0.39, 0.29) is 17.8 Å².